The molecule has 0 N–H and O–H groups in total. The number of methoxy groups -OCH3 is 2. The van der Waals surface area contributed by atoms with Crippen molar-refractivity contribution in [1.82, 2.24) is 4.90 Å². The Labute approximate surface area is 132 Å². The van der Waals surface area contributed by atoms with Crippen LogP contribution in [0.25, 0.3) is 0 Å². The molecule has 22 heavy (non-hydrogen) atoms. The lowest BCUT2D eigenvalue weighted by atomic mass is 10.0. The smallest absolute Gasteiger partial charge is 0.203 e. The number of hydrogen-bond acceptors (Lipinski definition) is 5. The minimum Gasteiger partial charge on any atom is -0.493 e. The van der Waals surface area contributed by atoms with Crippen LogP contribution in [-0.2, 0) is 0 Å². The van der Waals surface area contributed by atoms with Gasteiger partial charge in [0.05, 0.1) is 26.7 Å². The van der Waals surface area contributed by atoms with Crippen molar-refractivity contribution in [2.45, 2.75) is 38.3 Å². The van der Waals surface area contributed by atoms with Crippen LogP contribution in [0.2, 0.25) is 0 Å². The van der Waals surface area contributed by atoms with Crippen molar-refractivity contribution >= 4 is 0 Å². The third-order valence-corrected chi connectivity index (χ3v) is 4.15. The van der Waals surface area contributed by atoms with Gasteiger partial charge in [0.1, 0.15) is 6.10 Å². The van der Waals surface area contributed by atoms with Crippen LogP contribution >= 0.6 is 0 Å². The Bertz CT molecular complexity index is 497. The zero-order chi connectivity index (χ0) is 15.9. The summed E-state index contributed by atoms with van der Waals surface area (Å²) in [5.41, 5.74) is 0. The number of likely N-dealkylation sites (tertiary alicyclic amines) is 1. The van der Waals surface area contributed by atoms with E-state index in [1.54, 1.807) is 14.2 Å². The number of nitriles is 1. The van der Waals surface area contributed by atoms with Crippen molar-refractivity contribution in [1.29, 1.82) is 5.26 Å². The molecule has 1 aliphatic heterocycles. The third-order valence-electron chi connectivity index (χ3n) is 4.15. The standard InChI is InChI=1S/C17H24N2O3/c1-13(7-10-18)19-11-8-14(9-12-19)22-17-15(20-2)5-4-6-16(17)21-3/h4-6,13-14H,7-9,11-12H2,1-3H3/t13-/m0/s1. The highest BCUT2D eigenvalue weighted by Crippen LogP contribution is 2.38. The van der Waals surface area contributed by atoms with Crippen LogP contribution in [-0.4, -0.2) is 44.4 Å². The molecule has 0 amide bonds. The van der Waals surface area contributed by atoms with Crippen LogP contribution in [0.5, 0.6) is 17.2 Å². The average Bonchev–Trinajstić information content (AvgIpc) is 2.56. The van der Waals surface area contributed by atoms with E-state index in [2.05, 4.69) is 17.9 Å². The number of nitrogens with zero attached hydrogens (tertiary/aromatic N) is 2. The zero-order valence-corrected chi connectivity index (χ0v) is 13.5. The van der Waals surface area contributed by atoms with Crippen molar-refractivity contribution in [3.8, 4) is 23.3 Å². The maximum atomic E-state index is 8.80. The van der Waals surface area contributed by atoms with Crippen molar-refractivity contribution in [2.75, 3.05) is 27.3 Å². The monoisotopic (exact) mass is 304 g/mol. The molecule has 1 aromatic carbocycles. The van der Waals surface area contributed by atoms with E-state index >= 15 is 0 Å². The largest absolute Gasteiger partial charge is 0.493 e. The highest BCUT2D eigenvalue weighted by molar-refractivity contribution is 5.51. The fraction of sp³-hybridized carbons (Fsp3) is 0.588. The predicted octanol–water partition coefficient (Wildman–Crippen LogP) is 2.85. The Hall–Kier alpha value is -1.93. The summed E-state index contributed by atoms with van der Waals surface area (Å²) in [6, 6.07) is 8.19. The second-order valence-corrected chi connectivity index (χ2v) is 5.56. The molecule has 2 rings (SSSR count). The molecule has 0 bridgehead atoms. The highest BCUT2D eigenvalue weighted by Gasteiger charge is 2.25. The van der Waals surface area contributed by atoms with Crippen LogP contribution in [0.1, 0.15) is 26.2 Å². The quantitative estimate of drug-likeness (QED) is 0.809. The van der Waals surface area contributed by atoms with Gasteiger partial charge in [0.25, 0.3) is 0 Å². The van der Waals surface area contributed by atoms with Gasteiger partial charge in [0.2, 0.25) is 5.75 Å². The molecule has 0 aliphatic carbocycles. The summed E-state index contributed by atoms with van der Waals surface area (Å²) in [7, 11) is 3.27. The topological polar surface area (TPSA) is 54.7 Å². The van der Waals surface area contributed by atoms with Crippen molar-refractivity contribution in [3.63, 3.8) is 0 Å². The highest BCUT2D eigenvalue weighted by atomic mass is 16.5. The third kappa shape index (κ3) is 3.83. The van der Waals surface area contributed by atoms with Crippen molar-refractivity contribution < 1.29 is 14.2 Å². The predicted molar refractivity (Wildman–Crippen MR) is 84.5 cm³/mol. The Balaban J connectivity index is 1.98. The van der Waals surface area contributed by atoms with Gasteiger partial charge in [-0.15, -0.1) is 0 Å². The van der Waals surface area contributed by atoms with Crippen LogP contribution in [0, 0.1) is 11.3 Å². The summed E-state index contributed by atoms with van der Waals surface area (Å²) < 4.78 is 16.9. The Kier molecular flexibility index (Phi) is 5.91. The summed E-state index contributed by atoms with van der Waals surface area (Å²) in [6.07, 6.45) is 2.61. The van der Waals surface area contributed by atoms with Crippen LogP contribution in [0.4, 0.5) is 0 Å². The minimum atomic E-state index is 0.149. The number of benzene rings is 1. The SMILES string of the molecule is COc1cccc(OC)c1OC1CCN([C@@H](C)CC#N)CC1. The molecule has 1 atom stereocenters. The Morgan fingerprint density at radius 3 is 2.32 bits per heavy atom. The van der Waals surface area contributed by atoms with Crippen molar-refractivity contribution in [2.24, 2.45) is 0 Å². The van der Waals surface area contributed by atoms with Gasteiger partial charge in [-0.25, -0.2) is 0 Å². The number of ether oxygens (including phenoxy) is 3. The van der Waals surface area contributed by atoms with E-state index in [9.17, 15) is 0 Å². The van der Waals surface area contributed by atoms with Gasteiger partial charge >= 0.3 is 0 Å². The summed E-state index contributed by atoms with van der Waals surface area (Å²) in [5, 5.41) is 8.80. The summed E-state index contributed by atoms with van der Waals surface area (Å²) in [6.45, 7) is 4.00. The van der Waals surface area contributed by atoms with E-state index in [0.717, 1.165) is 25.9 Å². The Morgan fingerprint density at radius 1 is 1.23 bits per heavy atom. The second kappa shape index (κ2) is 7.90. The maximum Gasteiger partial charge on any atom is 0.203 e. The maximum absolute atomic E-state index is 8.80. The minimum absolute atomic E-state index is 0.149. The summed E-state index contributed by atoms with van der Waals surface area (Å²) >= 11 is 0. The van der Waals surface area contributed by atoms with Crippen LogP contribution in [0.15, 0.2) is 18.2 Å². The van der Waals surface area contributed by atoms with Gasteiger partial charge in [-0.1, -0.05) is 6.07 Å². The summed E-state index contributed by atoms with van der Waals surface area (Å²) in [4.78, 5) is 2.35. The second-order valence-electron chi connectivity index (χ2n) is 5.56. The van der Waals surface area contributed by atoms with Gasteiger partial charge in [0, 0.05) is 19.1 Å². The van der Waals surface area contributed by atoms with Crippen LogP contribution in [0.3, 0.4) is 0 Å². The van der Waals surface area contributed by atoms with E-state index in [1.165, 1.54) is 0 Å². The van der Waals surface area contributed by atoms with E-state index < -0.39 is 0 Å². The number of hydrogen-bond donors (Lipinski definition) is 0. The molecule has 0 spiro atoms. The average molecular weight is 304 g/mol. The van der Waals surface area contributed by atoms with E-state index in [0.29, 0.717) is 29.7 Å². The van der Waals surface area contributed by atoms with Gasteiger partial charge in [-0.05, 0) is 31.9 Å². The molecule has 1 heterocycles. The summed E-state index contributed by atoms with van der Waals surface area (Å²) in [5.74, 6) is 2.07. The zero-order valence-electron chi connectivity index (χ0n) is 13.5. The number of para-hydroxylation sites is 1. The first kappa shape index (κ1) is 16.4. The number of piperidine rings is 1. The van der Waals surface area contributed by atoms with Crippen molar-refractivity contribution in [3.05, 3.63) is 18.2 Å². The number of rotatable bonds is 6. The first-order chi connectivity index (χ1) is 10.7. The normalized spacial score (nSPS) is 17.5. The molecule has 120 valence electrons. The molecule has 0 aromatic heterocycles. The first-order valence-corrected chi connectivity index (χ1v) is 7.68. The van der Waals surface area contributed by atoms with E-state index in [-0.39, 0.29) is 6.10 Å². The molecule has 5 heteroatoms. The molecule has 1 saturated heterocycles. The lowest BCUT2D eigenvalue weighted by molar-refractivity contribution is 0.0770. The van der Waals surface area contributed by atoms with Gasteiger partial charge in [-0.3, -0.25) is 4.90 Å². The molecule has 0 radical (unpaired) electrons. The fourth-order valence-corrected chi connectivity index (χ4v) is 2.80. The van der Waals surface area contributed by atoms with Gasteiger partial charge < -0.3 is 14.2 Å². The Morgan fingerprint density at radius 2 is 1.82 bits per heavy atom. The van der Waals surface area contributed by atoms with Gasteiger partial charge in [-0.2, -0.15) is 5.26 Å². The molecule has 0 saturated carbocycles. The first-order valence-electron chi connectivity index (χ1n) is 7.68. The molecule has 1 fully saturated rings. The van der Waals surface area contributed by atoms with Gasteiger partial charge in [0.15, 0.2) is 11.5 Å². The molecule has 5 nitrogen and oxygen atoms in total. The molecular weight excluding hydrogens is 280 g/mol. The van der Waals surface area contributed by atoms with E-state index in [1.807, 2.05) is 18.2 Å². The molecular formula is C17H24N2O3. The molecule has 1 aliphatic rings. The molecule has 0 unspecified atom stereocenters. The fourth-order valence-electron chi connectivity index (χ4n) is 2.80. The lowest BCUT2D eigenvalue weighted by Gasteiger charge is -2.35. The van der Waals surface area contributed by atoms with E-state index in [4.69, 9.17) is 19.5 Å². The lowest BCUT2D eigenvalue weighted by Crippen LogP contribution is -2.42. The van der Waals surface area contributed by atoms with Crippen LogP contribution < -0.4 is 14.2 Å². The molecule has 1 aromatic rings.